The summed E-state index contributed by atoms with van der Waals surface area (Å²) in [6, 6.07) is 7.57. The van der Waals surface area contributed by atoms with Gasteiger partial charge in [0, 0.05) is 12.1 Å². The number of hydrogen-bond donors (Lipinski definition) is 1. The molecule has 0 spiro atoms. The van der Waals surface area contributed by atoms with E-state index in [-0.39, 0.29) is 6.61 Å². The highest BCUT2D eigenvalue weighted by Gasteiger charge is 2.02. The van der Waals surface area contributed by atoms with Crippen molar-refractivity contribution in [2.75, 3.05) is 20.3 Å². The van der Waals surface area contributed by atoms with E-state index >= 15 is 0 Å². The molecule has 5 nitrogen and oxygen atoms in total. The predicted molar refractivity (Wildman–Crippen MR) is 77.0 cm³/mol. The molecule has 1 N–H and O–H groups in total. The van der Waals surface area contributed by atoms with Crippen molar-refractivity contribution in [3.8, 4) is 11.5 Å². The second-order valence-corrected chi connectivity index (χ2v) is 3.75. The minimum Gasteiger partial charge on any atom is -0.497 e. The average Bonchev–Trinajstić information content (AvgIpc) is 2.48. The Kier molecular flexibility index (Phi) is 9.78. The zero-order valence-electron chi connectivity index (χ0n) is 12.2. The topological polar surface area (TPSA) is 65.0 Å². The molecule has 0 radical (unpaired) electrons. The molecule has 0 aliphatic rings. The van der Waals surface area contributed by atoms with Gasteiger partial charge in [0.15, 0.2) is 0 Å². The van der Waals surface area contributed by atoms with Crippen molar-refractivity contribution in [2.45, 2.75) is 20.0 Å². The van der Waals surface area contributed by atoms with E-state index in [0.717, 1.165) is 17.6 Å². The van der Waals surface area contributed by atoms with Crippen molar-refractivity contribution < 1.29 is 24.1 Å². The molecule has 20 heavy (non-hydrogen) atoms. The molecular formula is C15H22O5. The second kappa shape index (κ2) is 10.9. The van der Waals surface area contributed by atoms with Gasteiger partial charge in [-0.1, -0.05) is 12.6 Å². The van der Waals surface area contributed by atoms with Gasteiger partial charge >= 0.3 is 5.97 Å². The third-order valence-electron chi connectivity index (χ3n) is 2.09. The monoisotopic (exact) mass is 282 g/mol. The van der Waals surface area contributed by atoms with E-state index in [2.05, 4.69) is 11.3 Å². The molecule has 0 heterocycles. The fourth-order valence-corrected chi connectivity index (χ4v) is 1.14. The lowest BCUT2D eigenvalue weighted by molar-refractivity contribution is -0.143. The Labute approximate surface area is 119 Å². The first kappa shape index (κ1) is 18.0. The van der Waals surface area contributed by atoms with Gasteiger partial charge in [0.1, 0.15) is 17.6 Å². The minimum atomic E-state index is -0.503. The first-order chi connectivity index (χ1) is 9.57. The van der Waals surface area contributed by atoms with Gasteiger partial charge in [0.2, 0.25) is 0 Å². The van der Waals surface area contributed by atoms with Crippen LogP contribution in [0.25, 0.3) is 0 Å². The molecule has 0 aromatic heterocycles. The van der Waals surface area contributed by atoms with Gasteiger partial charge in [-0.05, 0) is 26.0 Å². The number of carbonyl (C=O) groups is 1. The summed E-state index contributed by atoms with van der Waals surface area (Å²) in [6.45, 7) is 7.28. The first-order valence-electron chi connectivity index (χ1n) is 6.28. The lowest BCUT2D eigenvalue weighted by Crippen LogP contribution is -2.16. The summed E-state index contributed by atoms with van der Waals surface area (Å²) in [6.07, 6.45) is 0.627. The van der Waals surface area contributed by atoms with Gasteiger partial charge in [-0.3, -0.25) is 0 Å². The molecule has 1 rings (SSSR count). The zero-order valence-corrected chi connectivity index (χ0v) is 12.2. The Bertz CT molecular complexity index is 403. The summed E-state index contributed by atoms with van der Waals surface area (Å²) in [4.78, 5) is 10.3. The number of benzene rings is 1. The van der Waals surface area contributed by atoms with Gasteiger partial charge < -0.3 is 19.3 Å². The smallest absolute Gasteiger partial charge is 0.330 e. The maximum atomic E-state index is 10.3. The fourth-order valence-electron chi connectivity index (χ4n) is 1.14. The molecule has 0 aliphatic heterocycles. The number of ether oxygens (including phenoxy) is 3. The number of hydrogen-bond acceptors (Lipinski definition) is 5. The van der Waals surface area contributed by atoms with Crippen LogP contribution in [0, 0.1) is 0 Å². The van der Waals surface area contributed by atoms with E-state index in [4.69, 9.17) is 14.6 Å². The lowest BCUT2D eigenvalue weighted by atomic mass is 10.3. The molecule has 1 aromatic rings. The van der Waals surface area contributed by atoms with Crippen LogP contribution in [0.4, 0.5) is 0 Å². The Balaban J connectivity index is 0.000000370. The highest BCUT2D eigenvalue weighted by Crippen LogP contribution is 2.18. The summed E-state index contributed by atoms with van der Waals surface area (Å²) < 4.78 is 14.8. The Hall–Kier alpha value is -2.01. The molecule has 0 fully saturated rings. The van der Waals surface area contributed by atoms with Crippen LogP contribution in [0.2, 0.25) is 0 Å². The van der Waals surface area contributed by atoms with Crippen LogP contribution in [-0.2, 0) is 9.53 Å². The van der Waals surface area contributed by atoms with Gasteiger partial charge in [-0.15, -0.1) is 0 Å². The standard InChI is InChI=1S/C9H12O2.C6H10O3/c1-3-11-9-6-4-5-8(7-9)10-2;1-3-6(8)9-5(2)4-7/h4-7H,3H2,1-2H3;3,5,7H,1,4H2,2H3. The first-order valence-corrected chi connectivity index (χ1v) is 6.28. The quantitative estimate of drug-likeness (QED) is 0.640. The van der Waals surface area contributed by atoms with Gasteiger partial charge in [-0.25, -0.2) is 4.79 Å². The highest BCUT2D eigenvalue weighted by molar-refractivity contribution is 5.81. The van der Waals surface area contributed by atoms with Crippen molar-refractivity contribution >= 4 is 5.97 Å². The number of carbonyl (C=O) groups excluding carboxylic acids is 1. The highest BCUT2D eigenvalue weighted by atomic mass is 16.5. The van der Waals surface area contributed by atoms with Gasteiger partial charge in [-0.2, -0.15) is 0 Å². The number of aliphatic hydroxyl groups is 1. The fraction of sp³-hybridized carbons (Fsp3) is 0.400. The summed E-state index contributed by atoms with van der Waals surface area (Å²) in [5, 5.41) is 8.37. The summed E-state index contributed by atoms with van der Waals surface area (Å²) in [5.41, 5.74) is 0. The van der Waals surface area contributed by atoms with E-state index in [1.54, 1.807) is 14.0 Å². The van der Waals surface area contributed by atoms with Crippen LogP contribution in [0.15, 0.2) is 36.9 Å². The van der Waals surface area contributed by atoms with E-state index in [9.17, 15) is 4.79 Å². The predicted octanol–water partition coefficient (Wildman–Crippen LogP) is 2.19. The second-order valence-electron chi connectivity index (χ2n) is 3.75. The third-order valence-corrected chi connectivity index (χ3v) is 2.09. The van der Waals surface area contributed by atoms with Crippen molar-refractivity contribution in [3.05, 3.63) is 36.9 Å². The Morgan fingerprint density at radius 2 is 2.10 bits per heavy atom. The van der Waals surface area contributed by atoms with E-state index < -0.39 is 12.1 Å². The third kappa shape index (κ3) is 8.16. The normalized spacial score (nSPS) is 10.6. The molecule has 1 unspecified atom stereocenters. The molecule has 1 aromatic carbocycles. The van der Waals surface area contributed by atoms with E-state index in [0.29, 0.717) is 6.61 Å². The molecule has 0 saturated carbocycles. The van der Waals surface area contributed by atoms with E-state index in [1.165, 1.54) is 0 Å². The Morgan fingerprint density at radius 3 is 2.60 bits per heavy atom. The summed E-state index contributed by atoms with van der Waals surface area (Å²) >= 11 is 0. The number of methoxy groups -OCH3 is 1. The zero-order chi connectivity index (χ0) is 15.4. The summed E-state index contributed by atoms with van der Waals surface area (Å²) in [7, 11) is 1.64. The molecule has 0 saturated heterocycles. The van der Waals surface area contributed by atoms with Gasteiger partial charge in [0.05, 0.1) is 20.3 Å². The number of esters is 1. The van der Waals surface area contributed by atoms with Crippen LogP contribution >= 0.6 is 0 Å². The lowest BCUT2D eigenvalue weighted by Gasteiger charge is -2.06. The summed E-state index contributed by atoms with van der Waals surface area (Å²) in [5.74, 6) is 1.18. The SMILES string of the molecule is C=CC(=O)OC(C)CO.CCOc1cccc(OC)c1. The van der Waals surface area contributed by atoms with Crippen molar-refractivity contribution in [1.82, 2.24) is 0 Å². The van der Waals surface area contributed by atoms with Crippen LogP contribution in [0.5, 0.6) is 11.5 Å². The largest absolute Gasteiger partial charge is 0.497 e. The maximum Gasteiger partial charge on any atom is 0.330 e. The van der Waals surface area contributed by atoms with Crippen LogP contribution < -0.4 is 9.47 Å². The van der Waals surface area contributed by atoms with Crippen LogP contribution in [0.1, 0.15) is 13.8 Å². The Morgan fingerprint density at radius 1 is 1.45 bits per heavy atom. The molecular weight excluding hydrogens is 260 g/mol. The van der Waals surface area contributed by atoms with Gasteiger partial charge in [0.25, 0.3) is 0 Å². The van der Waals surface area contributed by atoms with Crippen LogP contribution in [-0.4, -0.2) is 37.5 Å². The van der Waals surface area contributed by atoms with E-state index in [1.807, 2.05) is 31.2 Å². The maximum absolute atomic E-state index is 10.3. The van der Waals surface area contributed by atoms with Crippen molar-refractivity contribution in [2.24, 2.45) is 0 Å². The molecule has 112 valence electrons. The van der Waals surface area contributed by atoms with Crippen LogP contribution in [0.3, 0.4) is 0 Å². The molecule has 5 heteroatoms. The van der Waals surface area contributed by atoms with Crippen molar-refractivity contribution in [1.29, 1.82) is 0 Å². The molecule has 1 atom stereocenters. The molecule has 0 aliphatic carbocycles. The molecule has 0 bridgehead atoms. The van der Waals surface area contributed by atoms with Crippen molar-refractivity contribution in [3.63, 3.8) is 0 Å². The number of aliphatic hydroxyl groups excluding tert-OH is 1. The average molecular weight is 282 g/mol. The number of rotatable bonds is 6. The minimum absolute atomic E-state index is 0.153. The molecule has 0 amide bonds.